The van der Waals surface area contributed by atoms with Gasteiger partial charge in [0.1, 0.15) is 31.0 Å². The average Bonchev–Trinajstić information content (AvgIpc) is 3.15. The Labute approximate surface area is 320 Å². The van der Waals surface area contributed by atoms with Crippen molar-refractivity contribution in [2.24, 2.45) is 0 Å². The fourth-order valence-corrected chi connectivity index (χ4v) is 5.88. The summed E-state index contributed by atoms with van der Waals surface area (Å²) in [5, 5.41) is 40.0. The van der Waals surface area contributed by atoms with Crippen LogP contribution in [0.2, 0.25) is 0 Å². The molecular formula is C43H74O10. The van der Waals surface area contributed by atoms with Crippen molar-refractivity contribution in [3.05, 3.63) is 48.6 Å². The van der Waals surface area contributed by atoms with E-state index < -0.39 is 49.4 Å². The fraction of sp³-hybridized carbons (Fsp3) is 0.767. The highest BCUT2D eigenvalue weighted by Crippen LogP contribution is 2.22. The van der Waals surface area contributed by atoms with Gasteiger partial charge in [0.05, 0.1) is 13.2 Å². The lowest BCUT2D eigenvalue weighted by atomic mass is 9.99. The SMILES string of the molecule is CCC/C=C/C/C=C/C/C=C/C/C=C/CCCCCC(=O)O[C@H](COC(=O)CCCCCCCCCCCCC)CO[C@@H]1O[C@H](CO)[C@H](O)C(O)C1O. The van der Waals surface area contributed by atoms with Crippen LogP contribution in [0.5, 0.6) is 0 Å². The number of esters is 2. The van der Waals surface area contributed by atoms with Gasteiger partial charge in [-0.3, -0.25) is 9.59 Å². The molecule has 6 atom stereocenters. The van der Waals surface area contributed by atoms with Crippen LogP contribution in [0.25, 0.3) is 0 Å². The van der Waals surface area contributed by atoms with E-state index in [2.05, 4.69) is 62.5 Å². The molecular weight excluding hydrogens is 676 g/mol. The van der Waals surface area contributed by atoms with Crippen LogP contribution in [0.3, 0.4) is 0 Å². The Morgan fingerprint density at radius 3 is 1.66 bits per heavy atom. The standard InChI is InChI=1S/C43H74O10/c1-3-5-7-9-11-13-15-16-17-18-19-20-22-24-26-28-30-32-39(46)52-36(35-51-43-42(49)41(48)40(47)37(33-44)53-43)34-50-38(45)31-29-27-25-23-21-14-12-10-8-6-4-2/h7,9,13,15,17-18,20,22,36-37,40-44,47-49H,3-6,8,10-12,14,16,19,21,23-35H2,1-2H3/b9-7+,15-13+,18-17+,22-20+/t36-,37-,40+,41?,42?,43-/m1/s1. The van der Waals surface area contributed by atoms with Crippen LogP contribution < -0.4 is 0 Å². The average molecular weight is 751 g/mol. The van der Waals surface area contributed by atoms with Crippen LogP contribution in [-0.4, -0.2) is 89.0 Å². The monoisotopic (exact) mass is 751 g/mol. The Bertz CT molecular complexity index is 1010. The molecule has 0 aromatic carbocycles. The highest BCUT2D eigenvalue weighted by atomic mass is 16.7. The molecule has 10 nitrogen and oxygen atoms in total. The zero-order valence-electron chi connectivity index (χ0n) is 33.0. The summed E-state index contributed by atoms with van der Waals surface area (Å²) in [5.74, 6) is -0.846. The number of ether oxygens (including phenoxy) is 4. The van der Waals surface area contributed by atoms with E-state index in [1.54, 1.807) is 0 Å². The molecule has 1 aliphatic heterocycles. The first kappa shape index (κ1) is 48.7. The van der Waals surface area contributed by atoms with Crippen molar-refractivity contribution in [1.29, 1.82) is 0 Å². The first-order valence-electron chi connectivity index (χ1n) is 20.7. The van der Waals surface area contributed by atoms with Crippen molar-refractivity contribution < 1.29 is 49.0 Å². The molecule has 0 aromatic rings. The van der Waals surface area contributed by atoms with Crippen LogP contribution in [0.1, 0.15) is 155 Å². The van der Waals surface area contributed by atoms with Crippen molar-refractivity contribution in [2.45, 2.75) is 192 Å². The summed E-state index contributed by atoms with van der Waals surface area (Å²) in [7, 11) is 0. The van der Waals surface area contributed by atoms with Crippen LogP contribution >= 0.6 is 0 Å². The lowest BCUT2D eigenvalue weighted by molar-refractivity contribution is -0.305. The van der Waals surface area contributed by atoms with Gasteiger partial charge in [0.15, 0.2) is 12.4 Å². The van der Waals surface area contributed by atoms with Crippen LogP contribution in [-0.2, 0) is 28.5 Å². The van der Waals surface area contributed by atoms with Gasteiger partial charge in [-0.05, 0) is 51.4 Å². The molecule has 2 unspecified atom stereocenters. The molecule has 0 aliphatic carbocycles. The topological polar surface area (TPSA) is 152 Å². The van der Waals surface area contributed by atoms with E-state index in [9.17, 15) is 30.0 Å². The first-order valence-corrected chi connectivity index (χ1v) is 20.7. The normalized spacial score (nSPS) is 21.4. The van der Waals surface area contributed by atoms with E-state index in [1.807, 2.05) is 0 Å². The number of carbonyl (C=O) groups is 2. The third-order valence-corrected chi connectivity index (χ3v) is 9.20. The summed E-state index contributed by atoms with van der Waals surface area (Å²) in [6.07, 6.45) is 31.2. The second kappa shape index (κ2) is 34.2. The van der Waals surface area contributed by atoms with Gasteiger partial charge < -0.3 is 39.4 Å². The Hall–Kier alpha value is -2.34. The molecule has 0 spiro atoms. The lowest BCUT2D eigenvalue weighted by Crippen LogP contribution is -2.59. The third kappa shape index (κ3) is 26.2. The largest absolute Gasteiger partial charge is 0.462 e. The van der Waals surface area contributed by atoms with Crippen LogP contribution in [0, 0.1) is 0 Å². The molecule has 10 heteroatoms. The Balaban J connectivity index is 2.40. The second-order valence-corrected chi connectivity index (χ2v) is 14.1. The summed E-state index contributed by atoms with van der Waals surface area (Å²) in [4.78, 5) is 25.2. The molecule has 1 rings (SSSR count). The highest BCUT2D eigenvalue weighted by Gasteiger charge is 2.44. The quantitative estimate of drug-likeness (QED) is 0.0294. The van der Waals surface area contributed by atoms with Crippen molar-refractivity contribution in [1.82, 2.24) is 0 Å². The van der Waals surface area contributed by atoms with Gasteiger partial charge in [-0.15, -0.1) is 0 Å². The number of aliphatic hydroxyl groups is 4. The smallest absolute Gasteiger partial charge is 0.306 e. The number of unbranched alkanes of at least 4 members (excludes halogenated alkanes) is 14. The summed E-state index contributed by atoms with van der Waals surface area (Å²) >= 11 is 0. The van der Waals surface area contributed by atoms with Crippen LogP contribution in [0.15, 0.2) is 48.6 Å². The maximum Gasteiger partial charge on any atom is 0.306 e. The summed E-state index contributed by atoms with van der Waals surface area (Å²) in [6, 6.07) is 0. The predicted octanol–water partition coefficient (Wildman–Crippen LogP) is 8.10. The van der Waals surface area contributed by atoms with Crippen molar-refractivity contribution in [3.8, 4) is 0 Å². The Morgan fingerprint density at radius 1 is 0.585 bits per heavy atom. The number of hydrogen-bond acceptors (Lipinski definition) is 10. The first-order chi connectivity index (χ1) is 25.8. The zero-order valence-corrected chi connectivity index (χ0v) is 33.0. The van der Waals surface area contributed by atoms with Gasteiger partial charge in [-0.25, -0.2) is 0 Å². The Morgan fingerprint density at radius 2 is 1.09 bits per heavy atom. The number of allylic oxidation sites excluding steroid dienone is 8. The molecule has 1 heterocycles. The van der Waals surface area contributed by atoms with Gasteiger partial charge in [-0.2, -0.15) is 0 Å². The molecule has 0 radical (unpaired) electrons. The molecule has 0 amide bonds. The predicted molar refractivity (Wildman–Crippen MR) is 210 cm³/mol. The minimum Gasteiger partial charge on any atom is -0.462 e. The highest BCUT2D eigenvalue weighted by molar-refractivity contribution is 5.70. The summed E-state index contributed by atoms with van der Waals surface area (Å²) in [6.45, 7) is 3.30. The van der Waals surface area contributed by atoms with E-state index >= 15 is 0 Å². The second-order valence-electron chi connectivity index (χ2n) is 14.1. The van der Waals surface area contributed by atoms with E-state index in [0.717, 1.165) is 64.2 Å². The number of carbonyl (C=O) groups excluding carboxylic acids is 2. The number of rotatable bonds is 33. The molecule has 1 fully saturated rings. The lowest BCUT2D eigenvalue weighted by Gasteiger charge is -2.39. The molecule has 53 heavy (non-hydrogen) atoms. The molecule has 0 saturated carbocycles. The molecule has 4 N–H and O–H groups in total. The minimum absolute atomic E-state index is 0.192. The van der Waals surface area contributed by atoms with Crippen LogP contribution in [0.4, 0.5) is 0 Å². The number of hydrogen-bond donors (Lipinski definition) is 4. The molecule has 0 bridgehead atoms. The van der Waals surface area contributed by atoms with E-state index in [-0.39, 0.29) is 32.0 Å². The van der Waals surface area contributed by atoms with E-state index in [0.29, 0.717) is 6.42 Å². The zero-order chi connectivity index (χ0) is 38.8. The van der Waals surface area contributed by atoms with Crippen molar-refractivity contribution >= 4 is 11.9 Å². The van der Waals surface area contributed by atoms with Crippen molar-refractivity contribution in [3.63, 3.8) is 0 Å². The molecule has 1 aliphatic rings. The van der Waals surface area contributed by atoms with Gasteiger partial charge >= 0.3 is 11.9 Å². The van der Waals surface area contributed by atoms with Gasteiger partial charge in [-0.1, -0.05) is 140 Å². The third-order valence-electron chi connectivity index (χ3n) is 9.20. The molecule has 1 saturated heterocycles. The van der Waals surface area contributed by atoms with Gasteiger partial charge in [0.25, 0.3) is 0 Å². The molecule has 0 aromatic heterocycles. The van der Waals surface area contributed by atoms with Gasteiger partial charge in [0, 0.05) is 12.8 Å². The van der Waals surface area contributed by atoms with Gasteiger partial charge in [0.2, 0.25) is 0 Å². The van der Waals surface area contributed by atoms with E-state index in [4.69, 9.17) is 18.9 Å². The number of aliphatic hydroxyl groups excluding tert-OH is 4. The fourth-order valence-electron chi connectivity index (χ4n) is 5.88. The Kier molecular flexibility index (Phi) is 31.4. The summed E-state index contributed by atoms with van der Waals surface area (Å²) in [5.41, 5.74) is 0. The summed E-state index contributed by atoms with van der Waals surface area (Å²) < 4.78 is 22.1. The van der Waals surface area contributed by atoms with Crippen molar-refractivity contribution in [2.75, 3.05) is 19.8 Å². The maximum absolute atomic E-state index is 12.7. The minimum atomic E-state index is -1.60. The maximum atomic E-state index is 12.7. The molecule has 306 valence electrons. The van der Waals surface area contributed by atoms with E-state index in [1.165, 1.54) is 57.8 Å².